The molecule has 0 aliphatic heterocycles. The first-order valence-electron chi connectivity index (χ1n) is 5.27. The van der Waals surface area contributed by atoms with Gasteiger partial charge in [0.1, 0.15) is 0 Å². The van der Waals surface area contributed by atoms with E-state index >= 15 is 0 Å². The molecule has 90 valence electrons. The van der Waals surface area contributed by atoms with E-state index in [4.69, 9.17) is 5.73 Å². The lowest BCUT2D eigenvalue weighted by Crippen LogP contribution is -2.12. The van der Waals surface area contributed by atoms with Crippen molar-refractivity contribution in [2.45, 2.75) is 19.9 Å². The van der Waals surface area contributed by atoms with Crippen molar-refractivity contribution in [1.29, 1.82) is 0 Å². The highest BCUT2D eigenvalue weighted by Gasteiger charge is 2.16. The zero-order valence-electron chi connectivity index (χ0n) is 9.63. The van der Waals surface area contributed by atoms with Crippen LogP contribution >= 0.6 is 49.9 Å². The van der Waals surface area contributed by atoms with Crippen LogP contribution in [0.4, 0.5) is 0 Å². The molecule has 2 aromatic rings. The molecule has 4 heteroatoms. The van der Waals surface area contributed by atoms with Gasteiger partial charge in [0, 0.05) is 17.8 Å². The van der Waals surface area contributed by atoms with Crippen molar-refractivity contribution >= 4 is 49.9 Å². The van der Waals surface area contributed by atoms with Crippen LogP contribution in [0, 0.1) is 17.4 Å². The van der Waals surface area contributed by atoms with E-state index in [-0.39, 0.29) is 6.04 Å². The molecule has 2 N–H and O–H groups in total. The number of halogens is 2. The van der Waals surface area contributed by atoms with Gasteiger partial charge in [-0.25, -0.2) is 0 Å². The van der Waals surface area contributed by atoms with Crippen LogP contribution in [-0.2, 0) is 0 Å². The normalized spacial score (nSPS) is 12.8. The van der Waals surface area contributed by atoms with E-state index in [9.17, 15) is 0 Å². The molecule has 0 amide bonds. The van der Waals surface area contributed by atoms with Gasteiger partial charge < -0.3 is 5.73 Å². The molecule has 0 aliphatic carbocycles. The van der Waals surface area contributed by atoms with Crippen molar-refractivity contribution in [2.75, 3.05) is 0 Å². The molecule has 0 radical (unpaired) electrons. The van der Waals surface area contributed by atoms with Crippen LogP contribution in [0.3, 0.4) is 0 Å². The largest absolute Gasteiger partial charge is 0.320 e. The van der Waals surface area contributed by atoms with Gasteiger partial charge in [0.2, 0.25) is 0 Å². The molecule has 0 saturated heterocycles. The van der Waals surface area contributed by atoms with Gasteiger partial charge in [0.05, 0.1) is 6.04 Å². The number of hydrogen-bond donors (Lipinski definition) is 1. The number of benzene rings is 1. The van der Waals surface area contributed by atoms with E-state index in [0.29, 0.717) is 0 Å². The second-order valence-electron chi connectivity index (χ2n) is 4.01. The zero-order chi connectivity index (χ0) is 12.6. The second kappa shape index (κ2) is 5.38. The number of aryl methyl sites for hydroxylation is 2. The Balaban J connectivity index is 2.43. The van der Waals surface area contributed by atoms with Gasteiger partial charge in [-0.1, -0.05) is 18.2 Å². The van der Waals surface area contributed by atoms with Gasteiger partial charge in [-0.2, -0.15) is 0 Å². The predicted molar refractivity (Wildman–Crippen MR) is 86.7 cm³/mol. The Bertz CT molecular complexity index is 531. The average molecular weight is 422 g/mol. The summed E-state index contributed by atoms with van der Waals surface area (Å²) in [6.07, 6.45) is 0. The third-order valence-corrected chi connectivity index (χ3v) is 6.43. The molecule has 1 aromatic carbocycles. The smallest absolute Gasteiger partial charge is 0.0656 e. The van der Waals surface area contributed by atoms with Gasteiger partial charge in [-0.3, -0.25) is 0 Å². The Labute approximate surface area is 128 Å². The fourth-order valence-corrected chi connectivity index (χ4v) is 3.98. The summed E-state index contributed by atoms with van der Waals surface area (Å²) in [5.41, 5.74) is 8.84. The molecule has 0 saturated carbocycles. The minimum atomic E-state index is -0.0307. The molecule has 1 aromatic heterocycles. The average Bonchev–Trinajstić information content (AvgIpc) is 2.62. The third-order valence-electron chi connectivity index (χ3n) is 2.74. The lowest BCUT2D eigenvalue weighted by Gasteiger charge is -2.13. The molecular formula is C13H13BrINS. The quantitative estimate of drug-likeness (QED) is 0.693. The van der Waals surface area contributed by atoms with Crippen LogP contribution in [0.15, 0.2) is 28.7 Å². The summed E-state index contributed by atoms with van der Waals surface area (Å²) in [7, 11) is 0. The number of rotatable bonds is 2. The van der Waals surface area contributed by atoms with Crippen LogP contribution in [0.5, 0.6) is 0 Å². The van der Waals surface area contributed by atoms with Gasteiger partial charge in [0.15, 0.2) is 0 Å². The molecule has 0 aliphatic rings. The lowest BCUT2D eigenvalue weighted by atomic mass is 10.0. The molecular weight excluding hydrogens is 409 g/mol. The minimum Gasteiger partial charge on any atom is -0.320 e. The summed E-state index contributed by atoms with van der Waals surface area (Å²) < 4.78 is 2.41. The summed E-state index contributed by atoms with van der Waals surface area (Å²) in [6.45, 7) is 4.22. The highest BCUT2D eigenvalue weighted by molar-refractivity contribution is 14.1. The molecule has 1 nitrogen and oxygen atoms in total. The first-order chi connectivity index (χ1) is 8.00. The fraction of sp³-hybridized carbons (Fsp3) is 0.231. The molecule has 1 unspecified atom stereocenters. The second-order valence-corrected chi connectivity index (χ2v) is 7.23. The van der Waals surface area contributed by atoms with E-state index in [1.807, 2.05) is 0 Å². The maximum Gasteiger partial charge on any atom is 0.0656 e. The summed E-state index contributed by atoms with van der Waals surface area (Å²) in [5, 5.41) is 0. The van der Waals surface area contributed by atoms with Crippen LogP contribution in [0.1, 0.15) is 26.9 Å². The summed E-state index contributed by atoms with van der Waals surface area (Å²) in [6, 6.07) is 8.40. The Hall–Kier alpha value is 0.0900. The lowest BCUT2D eigenvalue weighted by molar-refractivity contribution is 0.883. The Morgan fingerprint density at radius 2 is 2.06 bits per heavy atom. The van der Waals surface area contributed by atoms with Gasteiger partial charge >= 0.3 is 0 Å². The Morgan fingerprint density at radius 1 is 1.35 bits per heavy atom. The molecule has 0 spiro atoms. The van der Waals surface area contributed by atoms with Crippen molar-refractivity contribution in [2.24, 2.45) is 5.73 Å². The Morgan fingerprint density at radius 3 is 2.65 bits per heavy atom. The predicted octanol–water partition coefficient (Wildman–Crippen LogP) is 4.78. The van der Waals surface area contributed by atoms with E-state index in [1.165, 1.54) is 24.5 Å². The SMILES string of the molecule is Cc1cccc(C(N)c2cc(Br)c(C)s2)c1I. The van der Waals surface area contributed by atoms with Gasteiger partial charge in [-0.15, -0.1) is 11.3 Å². The third kappa shape index (κ3) is 2.75. The van der Waals surface area contributed by atoms with E-state index < -0.39 is 0 Å². The maximum absolute atomic E-state index is 6.35. The summed E-state index contributed by atoms with van der Waals surface area (Å²) in [5.74, 6) is 0. The highest BCUT2D eigenvalue weighted by Crippen LogP contribution is 2.34. The van der Waals surface area contributed by atoms with Crippen LogP contribution in [0.2, 0.25) is 0 Å². The highest BCUT2D eigenvalue weighted by atomic mass is 127. The van der Waals surface area contributed by atoms with Crippen molar-refractivity contribution in [3.63, 3.8) is 0 Å². The molecule has 17 heavy (non-hydrogen) atoms. The minimum absolute atomic E-state index is 0.0307. The number of nitrogens with two attached hydrogens (primary N) is 1. The van der Waals surface area contributed by atoms with Crippen LogP contribution in [0.25, 0.3) is 0 Å². The topological polar surface area (TPSA) is 26.0 Å². The van der Waals surface area contributed by atoms with Crippen LogP contribution in [-0.4, -0.2) is 0 Å². The van der Waals surface area contributed by atoms with Gasteiger partial charge in [-0.05, 0) is 69.6 Å². The number of thiophene rings is 1. The van der Waals surface area contributed by atoms with Crippen molar-refractivity contribution in [3.8, 4) is 0 Å². The monoisotopic (exact) mass is 421 g/mol. The first-order valence-corrected chi connectivity index (χ1v) is 7.96. The zero-order valence-corrected chi connectivity index (χ0v) is 14.2. The van der Waals surface area contributed by atoms with Crippen molar-refractivity contribution < 1.29 is 0 Å². The maximum atomic E-state index is 6.35. The molecule has 1 heterocycles. The Kier molecular flexibility index (Phi) is 4.28. The molecule has 0 fully saturated rings. The van der Waals surface area contributed by atoms with Gasteiger partial charge in [0.25, 0.3) is 0 Å². The number of hydrogen-bond acceptors (Lipinski definition) is 2. The van der Waals surface area contributed by atoms with Crippen molar-refractivity contribution in [1.82, 2.24) is 0 Å². The molecule has 2 rings (SSSR count). The van der Waals surface area contributed by atoms with E-state index in [0.717, 1.165) is 4.47 Å². The van der Waals surface area contributed by atoms with E-state index in [2.05, 4.69) is 76.6 Å². The first kappa shape index (κ1) is 13.5. The fourth-order valence-electron chi connectivity index (χ4n) is 1.70. The standard InChI is InChI=1S/C13H13BrINS/c1-7-4-3-5-9(12(7)15)13(16)11-6-10(14)8(2)17-11/h3-6,13H,16H2,1-2H3. The van der Waals surface area contributed by atoms with Crippen LogP contribution < -0.4 is 5.73 Å². The van der Waals surface area contributed by atoms with Crippen molar-refractivity contribution in [3.05, 3.63) is 53.2 Å². The molecule has 1 atom stereocenters. The summed E-state index contributed by atoms with van der Waals surface area (Å²) >= 11 is 7.67. The van der Waals surface area contributed by atoms with E-state index in [1.54, 1.807) is 11.3 Å². The summed E-state index contributed by atoms with van der Waals surface area (Å²) in [4.78, 5) is 2.48. The molecule has 0 bridgehead atoms.